The Morgan fingerprint density at radius 1 is 1.21 bits per heavy atom. The molecule has 0 fully saturated rings. The third kappa shape index (κ3) is 8.32. The number of guanidine groups is 1. The van der Waals surface area contributed by atoms with Gasteiger partial charge >= 0.3 is 0 Å². The van der Waals surface area contributed by atoms with Crippen LogP contribution in [0, 0.1) is 13.8 Å². The van der Waals surface area contributed by atoms with E-state index in [0.29, 0.717) is 0 Å². The molecular formula is C17H34IN5O. The normalized spacial score (nSPS) is 11.3. The fraction of sp³-hybridized carbons (Fsp3) is 0.765. The van der Waals surface area contributed by atoms with E-state index >= 15 is 0 Å². The van der Waals surface area contributed by atoms with E-state index in [-0.39, 0.29) is 24.0 Å². The summed E-state index contributed by atoms with van der Waals surface area (Å²) in [6, 6.07) is 0. The number of nitrogens with one attached hydrogen (secondary N) is 2. The number of ether oxygens (including phenoxy) is 1. The Morgan fingerprint density at radius 3 is 2.54 bits per heavy atom. The third-order valence-electron chi connectivity index (χ3n) is 3.84. The van der Waals surface area contributed by atoms with Gasteiger partial charge < -0.3 is 15.4 Å². The summed E-state index contributed by atoms with van der Waals surface area (Å²) in [5.41, 5.74) is 3.68. The average molecular weight is 451 g/mol. The molecule has 7 heteroatoms. The lowest BCUT2D eigenvalue weighted by molar-refractivity contribution is 0.144. The molecule has 1 aromatic rings. The molecule has 1 heterocycles. The van der Waals surface area contributed by atoms with Crippen LogP contribution in [0.15, 0.2) is 4.99 Å². The maximum atomic E-state index is 5.34. The molecule has 1 rings (SSSR count). The molecule has 1 aromatic heterocycles. The first-order chi connectivity index (χ1) is 11.1. The average Bonchev–Trinajstić information content (AvgIpc) is 2.76. The van der Waals surface area contributed by atoms with Gasteiger partial charge in [-0.2, -0.15) is 5.10 Å². The first kappa shape index (κ1) is 23.2. The van der Waals surface area contributed by atoms with Crippen molar-refractivity contribution in [3.63, 3.8) is 0 Å². The van der Waals surface area contributed by atoms with Crippen molar-refractivity contribution in [3.05, 3.63) is 17.0 Å². The summed E-state index contributed by atoms with van der Waals surface area (Å²) in [4.78, 5) is 4.61. The minimum Gasteiger partial charge on any atom is -0.382 e. The van der Waals surface area contributed by atoms with Crippen molar-refractivity contribution < 1.29 is 4.74 Å². The lowest BCUT2D eigenvalue weighted by Gasteiger charge is -2.11. The van der Waals surface area contributed by atoms with Gasteiger partial charge in [0.05, 0.1) is 5.69 Å². The molecule has 0 amide bonds. The summed E-state index contributed by atoms with van der Waals surface area (Å²) >= 11 is 0. The van der Waals surface area contributed by atoms with Gasteiger partial charge in [-0.15, -0.1) is 24.0 Å². The van der Waals surface area contributed by atoms with Crippen LogP contribution in [-0.4, -0.2) is 48.6 Å². The second kappa shape index (κ2) is 13.5. The van der Waals surface area contributed by atoms with Crippen LogP contribution >= 0.6 is 24.0 Å². The zero-order valence-corrected chi connectivity index (χ0v) is 18.1. The van der Waals surface area contributed by atoms with Crippen molar-refractivity contribution >= 4 is 29.9 Å². The van der Waals surface area contributed by atoms with E-state index in [4.69, 9.17) is 4.74 Å². The first-order valence-electron chi connectivity index (χ1n) is 8.69. The summed E-state index contributed by atoms with van der Waals surface area (Å²) < 4.78 is 7.29. The fourth-order valence-corrected chi connectivity index (χ4v) is 2.48. The molecule has 0 aliphatic heterocycles. The molecule has 140 valence electrons. The predicted molar refractivity (Wildman–Crippen MR) is 112 cm³/mol. The molecule has 0 unspecified atom stereocenters. The van der Waals surface area contributed by atoms with Crippen LogP contribution in [0.5, 0.6) is 0 Å². The largest absolute Gasteiger partial charge is 0.382 e. The molecule has 0 saturated carbocycles. The predicted octanol–water partition coefficient (Wildman–Crippen LogP) is 2.57. The molecule has 0 aromatic carbocycles. The molecule has 2 N–H and O–H groups in total. The Bertz CT molecular complexity index is 488. The molecule has 0 aliphatic rings. The fourth-order valence-electron chi connectivity index (χ4n) is 2.48. The van der Waals surface area contributed by atoms with E-state index < -0.39 is 0 Å². The minimum absolute atomic E-state index is 0. The number of rotatable bonds is 10. The summed E-state index contributed by atoms with van der Waals surface area (Å²) in [5.74, 6) is 0.892. The summed E-state index contributed by atoms with van der Waals surface area (Å²) in [5, 5.41) is 11.2. The number of hydrogen-bond acceptors (Lipinski definition) is 3. The number of unbranched alkanes of at least 4 members (excludes halogenated alkanes) is 1. The highest BCUT2D eigenvalue weighted by molar-refractivity contribution is 14.0. The van der Waals surface area contributed by atoms with Crippen molar-refractivity contribution in [2.45, 2.75) is 47.0 Å². The van der Waals surface area contributed by atoms with Crippen molar-refractivity contribution in [2.24, 2.45) is 12.0 Å². The number of aryl methyl sites for hydroxylation is 2. The van der Waals surface area contributed by atoms with Crippen molar-refractivity contribution in [1.82, 2.24) is 20.4 Å². The molecule has 0 spiro atoms. The van der Waals surface area contributed by atoms with Gasteiger partial charge in [0.1, 0.15) is 0 Å². The Hall–Kier alpha value is -0.830. The van der Waals surface area contributed by atoms with E-state index in [2.05, 4.69) is 41.5 Å². The van der Waals surface area contributed by atoms with Gasteiger partial charge in [-0.25, -0.2) is 0 Å². The Labute approximate surface area is 163 Å². The highest BCUT2D eigenvalue weighted by atomic mass is 127. The zero-order chi connectivity index (χ0) is 17.1. The maximum absolute atomic E-state index is 5.34. The Balaban J connectivity index is 0.00000529. The molecule has 0 saturated heterocycles. The smallest absolute Gasteiger partial charge is 0.191 e. The van der Waals surface area contributed by atoms with Gasteiger partial charge in [0, 0.05) is 45.6 Å². The van der Waals surface area contributed by atoms with Gasteiger partial charge in [-0.1, -0.05) is 0 Å². The zero-order valence-electron chi connectivity index (χ0n) is 15.8. The Kier molecular flexibility index (Phi) is 13.0. The number of aromatic nitrogens is 2. The van der Waals surface area contributed by atoms with Crippen molar-refractivity contribution in [1.29, 1.82) is 0 Å². The monoisotopic (exact) mass is 451 g/mol. The maximum Gasteiger partial charge on any atom is 0.191 e. The highest BCUT2D eigenvalue weighted by Crippen LogP contribution is 2.11. The molecule has 6 nitrogen and oxygen atoms in total. The quantitative estimate of drug-likeness (QED) is 0.249. The van der Waals surface area contributed by atoms with Crippen molar-refractivity contribution in [2.75, 3.05) is 32.8 Å². The number of aliphatic imine (C=N–C) groups is 1. The number of halogens is 1. The van der Waals surface area contributed by atoms with Crippen molar-refractivity contribution in [3.8, 4) is 0 Å². The van der Waals surface area contributed by atoms with Crippen LogP contribution < -0.4 is 10.6 Å². The summed E-state index contributed by atoms with van der Waals surface area (Å²) in [6.07, 6.45) is 3.07. The molecular weight excluding hydrogens is 417 g/mol. The Morgan fingerprint density at radius 2 is 1.96 bits per heavy atom. The van der Waals surface area contributed by atoms with Gasteiger partial charge in [-0.05, 0) is 52.5 Å². The molecule has 0 aliphatic carbocycles. The summed E-state index contributed by atoms with van der Waals surface area (Å²) in [6.45, 7) is 12.5. The van der Waals surface area contributed by atoms with Crippen LogP contribution in [0.4, 0.5) is 0 Å². The van der Waals surface area contributed by atoms with E-state index in [1.54, 1.807) is 0 Å². The summed E-state index contributed by atoms with van der Waals surface area (Å²) in [7, 11) is 1.99. The van der Waals surface area contributed by atoms with Crippen LogP contribution in [0.2, 0.25) is 0 Å². The number of nitrogens with zero attached hydrogens (tertiary/aromatic N) is 3. The molecule has 0 atom stereocenters. The second-order valence-electron chi connectivity index (χ2n) is 5.61. The highest BCUT2D eigenvalue weighted by Gasteiger charge is 2.08. The SMILES string of the molecule is CCNC(=NCCCCOCC)NCCc1c(C)nn(C)c1C.I. The first-order valence-corrected chi connectivity index (χ1v) is 8.69. The van der Waals surface area contributed by atoms with E-state index in [9.17, 15) is 0 Å². The van der Waals surface area contributed by atoms with Crippen LogP contribution in [0.25, 0.3) is 0 Å². The minimum atomic E-state index is 0. The lowest BCUT2D eigenvalue weighted by Crippen LogP contribution is -2.38. The molecule has 0 radical (unpaired) electrons. The molecule has 24 heavy (non-hydrogen) atoms. The van der Waals surface area contributed by atoms with Gasteiger partial charge in [0.15, 0.2) is 5.96 Å². The van der Waals surface area contributed by atoms with Gasteiger partial charge in [-0.3, -0.25) is 9.67 Å². The van der Waals surface area contributed by atoms with Crippen LogP contribution in [0.3, 0.4) is 0 Å². The molecule has 0 bridgehead atoms. The van der Waals surface area contributed by atoms with Crippen LogP contribution in [-0.2, 0) is 18.2 Å². The second-order valence-corrected chi connectivity index (χ2v) is 5.61. The topological polar surface area (TPSA) is 63.5 Å². The van der Waals surface area contributed by atoms with Gasteiger partial charge in [0.2, 0.25) is 0 Å². The van der Waals surface area contributed by atoms with Gasteiger partial charge in [0.25, 0.3) is 0 Å². The van der Waals surface area contributed by atoms with E-state index in [1.807, 2.05) is 18.7 Å². The van der Waals surface area contributed by atoms with Crippen LogP contribution in [0.1, 0.15) is 43.6 Å². The van der Waals surface area contributed by atoms with E-state index in [1.165, 1.54) is 11.3 Å². The standard InChI is InChI=1S/C17H33N5O.HI/c1-6-18-17(19-11-8-9-13-23-7-2)20-12-10-16-14(3)21-22(5)15(16)4;/h6-13H2,1-5H3,(H2,18,19,20);1H. The van der Waals surface area contributed by atoms with E-state index in [0.717, 1.165) is 63.8 Å². The third-order valence-corrected chi connectivity index (χ3v) is 3.84. The number of hydrogen-bond donors (Lipinski definition) is 2. The lowest BCUT2D eigenvalue weighted by atomic mass is 10.1.